The lowest BCUT2D eigenvalue weighted by atomic mass is 10.2. The molecule has 0 aliphatic carbocycles. The van der Waals surface area contributed by atoms with Crippen molar-refractivity contribution in [1.82, 2.24) is 0 Å². The predicted molar refractivity (Wildman–Crippen MR) is 394 cm³/mol. The SMILES string of the molecule is CCCC[Si](C)(O[Si](C)(C)O[Si](C)(C)C)O[Si](C)(C)O[Si](C)(C)C.COCCCCC[Si](C)(O[Si](C)(C)O[Si](C)(C)C)O[Si](C)(C)O[Si](C)(C)C.COCCOCCCCCCC[Si](C)(O[Si](C)(C)O[Si](C)(C)C)O[Si](C)(C)O[Si](C)(C)C. The zero-order valence-corrected chi connectivity index (χ0v) is 76.6. The highest BCUT2D eigenvalue weighted by molar-refractivity contribution is 6.93. The second-order valence-corrected chi connectivity index (χ2v) is 92.0. The summed E-state index contributed by atoms with van der Waals surface area (Å²) in [6.45, 7) is 78.0. The minimum Gasteiger partial charge on any atom is -0.437 e. The van der Waals surface area contributed by atoms with E-state index in [-0.39, 0.29) is 0 Å². The van der Waals surface area contributed by atoms with Crippen molar-refractivity contribution in [2.45, 2.75) is 305 Å². The van der Waals surface area contributed by atoms with Gasteiger partial charge < -0.3 is 63.6 Å². The second kappa shape index (κ2) is 38.1. The summed E-state index contributed by atoms with van der Waals surface area (Å²) >= 11 is 0. The van der Waals surface area contributed by atoms with Crippen molar-refractivity contribution in [2.75, 3.05) is 40.6 Å². The number of ether oxygens (including phenoxy) is 3. The molecule has 0 unspecified atom stereocenters. The fourth-order valence-corrected chi connectivity index (χ4v) is 81.3. The van der Waals surface area contributed by atoms with Gasteiger partial charge in [0.2, 0.25) is 0 Å². The van der Waals surface area contributed by atoms with Gasteiger partial charge in [0.05, 0.1) is 13.2 Å². The van der Waals surface area contributed by atoms with Gasteiger partial charge in [-0.25, -0.2) is 0 Å². The van der Waals surface area contributed by atoms with Crippen LogP contribution in [0.5, 0.6) is 0 Å². The van der Waals surface area contributed by atoms with Gasteiger partial charge in [-0.1, -0.05) is 58.3 Å². The molecule has 0 aromatic heterocycles. The first-order valence-electron chi connectivity index (χ1n) is 31.6. The monoisotopic (exact) mass is 1440 g/mol. The summed E-state index contributed by atoms with van der Waals surface area (Å²) < 4.78 is 95.1. The van der Waals surface area contributed by atoms with Crippen LogP contribution in [0.1, 0.15) is 71.1 Å². The van der Waals surface area contributed by atoms with Gasteiger partial charge in [0, 0.05) is 27.4 Å². The highest BCUT2D eigenvalue weighted by atomic mass is 28.5. The molecule has 0 saturated carbocycles. The Morgan fingerprint density at radius 1 is 0.205 bits per heavy atom. The molecule has 0 aromatic rings. The number of rotatable bonds is 44. The fraction of sp³-hybridized carbons (Fsp3) is 1.00. The number of hydrogen-bond donors (Lipinski definition) is 0. The first-order chi connectivity index (χ1) is 36.7. The van der Waals surface area contributed by atoms with Crippen LogP contribution in [0.3, 0.4) is 0 Å². The molecule has 0 aromatic carbocycles. The van der Waals surface area contributed by atoms with Crippen LogP contribution in [-0.4, -0.2) is 168 Å². The van der Waals surface area contributed by atoms with Gasteiger partial charge in [-0.15, -0.1) is 0 Å². The molecule has 504 valence electrons. The lowest BCUT2D eigenvalue weighted by Crippen LogP contribution is -2.59. The largest absolute Gasteiger partial charge is 0.437 e. The highest BCUT2D eigenvalue weighted by Gasteiger charge is 2.50. The fourth-order valence-electron chi connectivity index (χ4n) is 10.8. The summed E-state index contributed by atoms with van der Waals surface area (Å²) in [7, 11) is -27.1. The van der Waals surface area contributed by atoms with Crippen LogP contribution in [-0.2, 0) is 63.6 Å². The van der Waals surface area contributed by atoms with E-state index in [9.17, 15) is 0 Å². The van der Waals surface area contributed by atoms with Crippen molar-refractivity contribution in [1.29, 1.82) is 0 Å². The molecule has 0 aliphatic rings. The molecule has 0 atom stereocenters. The second-order valence-electron chi connectivity index (χ2n) is 31.7. The number of unbranched alkanes of at least 4 members (excludes halogenated alkanes) is 7. The van der Waals surface area contributed by atoms with Crippen LogP contribution in [0.4, 0.5) is 0 Å². The molecular weight excluding hydrogens is 1300 g/mol. The van der Waals surface area contributed by atoms with Crippen LogP contribution in [0.25, 0.3) is 0 Å². The van der Waals surface area contributed by atoms with E-state index in [4.69, 9.17) is 63.6 Å². The Labute approximate surface area is 532 Å². The Bertz CT molecular complexity index is 1620. The molecule has 0 N–H and O–H groups in total. The average Bonchev–Trinajstić information content (AvgIpc) is 3.13. The Hall–Kier alpha value is 2.65. The van der Waals surface area contributed by atoms with Crippen LogP contribution in [0.15, 0.2) is 0 Å². The molecule has 0 bridgehead atoms. The van der Waals surface area contributed by atoms with Gasteiger partial charge in [0.25, 0.3) is 0 Å². The molecule has 0 fully saturated rings. The summed E-state index contributed by atoms with van der Waals surface area (Å²) in [4.78, 5) is 0. The van der Waals surface area contributed by atoms with E-state index in [2.05, 4.69) is 223 Å². The molecule has 0 radical (unpaired) electrons. The van der Waals surface area contributed by atoms with Crippen molar-refractivity contribution < 1.29 is 63.6 Å². The molecule has 0 spiro atoms. The normalized spacial score (nSPS) is 14.6. The average molecular weight is 1440 g/mol. The van der Waals surface area contributed by atoms with E-state index in [1.165, 1.54) is 19.3 Å². The Kier molecular flexibility index (Phi) is 41.3. The molecule has 0 amide bonds. The molecular formula is C53H142O15Si15. The van der Waals surface area contributed by atoms with E-state index in [1.54, 1.807) is 14.2 Å². The summed E-state index contributed by atoms with van der Waals surface area (Å²) in [6.07, 6.45) is 11.5. The lowest BCUT2D eigenvalue weighted by Gasteiger charge is -2.43. The zero-order valence-electron chi connectivity index (χ0n) is 61.6. The quantitative estimate of drug-likeness (QED) is 0.0422. The standard InChI is InChI=1S/C21H54O6Si5.C17H46O5Si5.C15H42O4Si5/c1-22-19-20-23-18-16-14-13-15-17-21-32(12,26-30(8,9)24-28(2,3)4)27-31(10,11)25-29(5,6)7;1-18-16-14-13-15-17-27(12,21-25(8,9)19-23(2,3)4)22-26(10,11)20-24(5,6)7;1-13-14-15-24(12,18-22(8,9)16-20(2,3)4)19-23(10,11)17-21(5,6)7/h13-21H2,1-12H3;13-17H2,1-12H3;13-15H2,1-12H3. The zero-order chi connectivity index (χ0) is 66.1. The van der Waals surface area contributed by atoms with Gasteiger partial charge in [-0.2, -0.15) is 0 Å². The third kappa shape index (κ3) is 57.1. The van der Waals surface area contributed by atoms with Crippen LogP contribution in [0, 0.1) is 0 Å². The van der Waals surface area contributed by atoms with Crippen molar-refractivity contribution in [3.63, 3.8) is 0 Å². The highest BCUT2D eigenvalue weighted by Crippen LogP contribution is 2.34. The lowest BCUT2D eigenvalue weighted by molar-refractivity contribution is 0.0686. The molecule has 0 rings (SSSR count). The van der Waals surface area contributed by atoms with Crippen molar-refractivity contribution in [3.05, 3.63) is 0 Å². The van der Waals surface area contributed by atoms with E-state index in [1.807, 2.05) is 0 Å². The Morgan fingerprint density at radius 3 is 0.639 bits per heavy atom. The molecule has 83 heavy (non-hydrogen) atoms. The third-order valence-electron chi connectivity index (χ3n) is 10.9. The molecule has 0 heterocycles. The predicted octanol–water partition coefficient (Wildman–Crippen LogP) is 18.8. The Balaban J connectivity index is -0.00000117. The van der Waals surface area contributed by atoms with Gasteiger partial charge >= 0.3 is 77.0 Å². The maximum atomic E-state index is 6.84. The first-order valence-corrected chi connectivity index (χ1v) is 76.6. The van der Waals surface area contributed by atoms with Crippen molar-refractivity contribution >= 4 is 127 Å². The van der Waals surface area contributed by atoms with Gasteiger partial charge in [-0.3, -0.25) is 0 Å². The summed E-state index contributed by atoms with van der Waals surface area (Å²) in [6, 6.07) is 2.99. The van der Waals surface area contributed by atoms with Gasteiger partial charge in [-0.05, 0) is 247 Å². The van der Waals surface area contributed by atoms with Crippen molar-refractivity contribution in [3.8, 4) is 0 Å². The van der Waals surface area contributed by atoms with E-state index in [0.717, 1.165) is 76.3 Å². The van der Waals surface area contributed by atoms with E-state index in [0.29, 0.717) is 13.2 Å². The minimum atomic E-state index is -2.43. The van der Waals surface area contributed by atoms with E-state index >= 15 is 0 Å². The molecule has 30 heteroatoms. The summed E-state index contributed by atoms with van der Waals surface area (Å²) in [5, 5.41) is 0. The topological polar surface area (TPSA) is 138 Å². The molecule has 0 aliphatic heterocycles. The summed E-state index contributed by atoms with van der Waals surface area (Å²) in [5.74, 6) is 0. The van der Waals surface area contributed by atoms with Gasteiger partial charge in [0.15, 0.2) is 49.9 Å². The van der Waals surface area contributed by atoms with Crippen LogP contribution < -0.4 is 0 Å². The third-order valence-corrected chi connectivity index (χ3v) is 63.3. The van der Waals surface area contributed by atoms with Crippen molar-refractivity contribution in [2.24, 2.45) is 0 Å². The van der Waals surface area contributed by atoms with Gasteiger partial charge in [0.1, 0.15) is 0 Å². The van der Waals surface area contributed by atoms with Crippen LogP contribution in [0.2, 0.25) is 234 Å². The number of hydrogen-bond acceptors (Lipinski definition) is 15. The maximum absolute atomic E-state index is 6.84. The number of methoxy groups -OCH3 is 2. The summed E-state index contributed by atoms with van der Waals surface area (Å²) in [5.41, 5.74) is 0. The van der Waals surface area contributed by atoms with Crippen LogP contribution >= 0.6 is 0 Å². The first kappa shape index (κ1) is 89.8. The minimum absolute atomic E-state index is 0.672. The smallest absolute Gasteiger partial charge is 0.317 e. The molecule has 15 nitrogen and oxygen atoms in total. The maximum Gasteiger partial charge on any atom is 0.317 e. The molecule has 0 saturated heterocycles. The Morgan fingerprint density at radius 2 is 0.410 bits per heavy atom. The van der Waals surface area contributed by atoms with E-state index < -0.39 is 127 Å².